The van der Waals surface area contributed by atoms with Crippen molar-refractivity contribution in [1.29, 1.82) is 0 Å². The Morgan fingerprint density at radius 1 is 0.651 bits per heavy atom. The van der Waals surface area contributed by atoms with Gasteiger partial charge in [0.25, 0.3) is 0 Å². The molecule has 0 bridgehead atoms. The molecule has 4 heterocycles. The highest BCUT2D eigenvalue weighted by molar-refractivity contribution is 5.90. The molecule has 1 spiro atoms. The fourth-order valence-electron chi connectivity index (χ4n) is 11.0. The number of methoxy groups -OCH3 is 2. The molecule has 2 aromatic heterocycles. The van der Waals surface area contributed by atoms with E-state index in [4.69, 9.17) is 19.4 Å². The Bertz CT molecular complexity index is 2400. The van der Waals surface area contributed by atoms with Gasteiger partial charge in [0.05, 0.1) is 48.4 Å². The van der Waals surface area contributed by atoms with E-state index in [0.29, 0.717) is 13.1 Å². The lowest BCUT2D eigenvalue weighted by Crippen LogP contribution is -2.51. The lowest BCUT2D eigenvalue weighted by atomic mass is 9.82. The zero-order valence-electron chi connectivity index (χ0n) is 37.3. The van der Waals surface area contributed by atoms with Crippen molar-refractivity contribution in [1.82, 2.24) is 40.4 Å². The molecule has 2 aliphatic carbocycles. The van der Waals surface area contributed by atoms with Crippen molar-refractivity contribution in [2.45, 2.75) is 116 Å². The van der Waals surface area contributed by atoms with Crippen LogP contribution in [-0.2, 0) is 31.9 Å². The molecule has 3 fully saturated rings. The highest BCUT2D eigenvalue weighted by Crippen LogP contribution is 2.53. The fourth-order valence-corrected chi connectivity index (χ4v) is 11.0. The minimum Gasteiger partial charge on any atom is -0.453 e. The molecule has 4 N–H and O–H groups in total. The van der Waals surface area contributed by atoms with Crippen LogP contribution in [0.4, 0.5) is 9.59 Å². The zero-order chi connectivity index (χ0) is 44.2. The predicted molar refractivity (Wildman–Crippen MR) is 241 cm³/mol. The van der Waals surface area contributed by atoms with Crippen molar-refractivity contribution in [3.63, 3.8) is 0 Å². The van der Waals surface area contributed by atoms with E-state index in [2.05, 4.69) is 69.1 Å². The molecule has 14 heteroatoms. The molecule has 9 rings (SSSR count). The number of aromatic nitrogens is 4. The molecule has 4 amide bonds. The fraction of sp³-hybridized carbons (Fsp3) is 0.510. The smallest absolute Gasteiger partial charge is 0.407 e. The lowest BCUT2D eigenvalue weighted by Gasteiger charge is -2.29. The molecular weight excluding hydrogens is 797 g/mol. The third-order valence-electron chi connectivity index (χ3n) is 14.3. The van der Waals surface area contributed by atoms with Gasteiger partial charge in [-0.2, -0.15) is 0 Å². The van der Waals surface area contributed by atoms with Crippen molar-refractivity contribution in [2.24, 2.45) is 17.3 Å². The monoisotopic (exact) mass is 856 g/mol. The largest absolute Gasteiger partial charge is 0.453 e. The second-order valence-corrected chi connectivity index (χ2v) is 19.0. The topological polar surface area (TPSA) is 175 Å². The van der Waals surface area contributed by atoms with Crippen LogP contribution in [0.3, 0.4) is 0 Å². The van der Waals surface area contributed by atoms with Crippen LogP contribution in [0.5, 0.6) is 0 Å². The standard InChI is InChI=1S/C49H60N8O6/c1-27(2)41(54-47(60)62-5)45(58)56-21-9-11-39(56)43-50-35-17-13-29(23-37(35)52-43)31-15-16-32(34-26-49(25-33(31)34)19-7-8-20-49)30-14-18-36-38(24-30)53-44(51-36)40-12-10-22-57(40)46(59)42(28(3)4)55-48(61)63-6/h13-18,23-24,27-28,39-42H,7-12,19-22,25-26H2,1-6H3,(H,50,52)(H,51,53)(H,54,60)(H,55,61)/t39-,40-,41+,42?/m0/s1. The van der Waals surface area contributed by atoms with Crippen LogP contribution in [0.15, 0.2) is 48.5 Å². The van der Waals surface area contributed by atoms with E-state index in [1.807, 2.05) is 37.5 Å². The molecule has 4 atom stereocenters. The van der Waals surface area contributed by atoms with Gasteiger partial charge in [-0.15, -0.1) is 0 Å². The molecular formula is C49H60N8O6. The molecule has 3 aromatic carbocycles. The number of aromatic amines is 2. The molecule has 14 nitrogen and oxygen atoms in total. The normalized spacial score (nSPS) is 20.3. The van der Waals surface area contributed by atoms with Crippen LogP contribution in [0.2, 0.25) is 0 Å². The lowest BCUT2D eigenvalue weighted by molar-refractivity contribution is -0.136. The van der Waals surface area contributed by atoms with Crippen molar-refractivity contribution >= 4 is 46.1 Å². The first kappa shape index (κ1) is 42.4. The van der Waals surface area contributed by atoms with E-state index in [-0.39, 0.29) is 41.1 Å². The summed E-state index contributed by atoms with van der Waals surface area (Å²) in [5, 5.41) is 5.49. The summed E-state index contributed by atoms with van der Waals surface area (Å²) < 4.78 is 9.65. The van der Waals surface area contributed by atoms with Crippen LogP contribution in [0.25, 0.3) is 44.3 Å². The van der Waals surface area contributed by atoms with Gasteiger partial charge in [-0.25, -0.2) is 19.6 Å². The number of hydrogen-bond donors (Lipinski definition) is 4. The predicted octanol–water partition coefficient (Wildman–Crippen LogP) is 8.52. The van der Waals surface area contributed by atoms with Gasteiger partial charge in [0, 0.05) is 13.1 Å². The number of carbonyl (C=O) groups excluding carboxylic acids is 4. The number of H-pyrrole nitrogens is 2. The van der Waals surface area contributed by atoms with Gasteiger partial charge in [-0.3, -0.25) is 9.59 Å². The average Bonchev–Trinajstić information content (AvgIpc) is 4.14. The number of likely N-dealkylation sites (tertiary alicyclic amines) is 2. The number of benzene rings is 3. The van der Waals surface area contributed by atoms with Crippen LogP contribution >= 0.6 is 0 Å². The minimum absolute atomic E-state index is 0.108. The molecule has 0 radical (unpaired) electrons. The van der Waals surface area contributed by atoms with Crippen molar-refractivity contribution in [3.8, 4) is 22.3 Å². The summed E-state index contributed by atoms with van der Waals surface area (Å²) in [6.45, 7) is 8.89. The highest BCUT2D eigenvalue weighted by Gasteiger charge is 2.43. The first-order chi connectivity index (χ1) is 30.4. The van der Waals surface area contributed by atoms with Gasteiger partial charge in [-0.1, -0.05) is 64.8 Å². The Morgan fingerprint density at radius 2 is 1.08 bits per heavy atom. The van der Waals surface area contributed by atoms with Gasteiger partial charge in [0.2, 0.25) is 11.8 Å². The quantitative estimate of drug-likeness (QED) is 0.108. The van der Waals surface area contributed by atoms with Crippen LogP contribution < -0.4 is 10.6 Å². The van der Waals surface area contributed by atoms with E-state index < -0.39 is 24.3 Å². The molecule has 63 heavy (non-hydrogen) atoms. The minimum atomic E-state index is -0.692. The number of alkyl carbamates (subject to hydrolysis) is 2. The van der Waals surface area contributed by atoms with Crippen molar-refractivity contribution < 1.29 is 28.7 Å². The third-order valence-corrected chi connectivity index (χ3v) is 14.3. The number of nitrogens with zero attached hydrogens (tertiary/aromatic N) is 4. The van der Waals surface area contributed by atoms with Gasteiger partial charge in [0.15, 0.2) is 0 Å². The molecule has 4 aliphatic rings. The summed E-state index contributed by atoms with van der Waals surface area (Å²) in [5.74, 6) is 1.06. The van der Waals surface area contributed by atoms with E-state index >= 15 is 0 Å². The Morgan fingerprint density at radius 3 is 1.48 bits per heavy atom. The van der Waals surface area contributed by atoms with E-state index in [1.54, 1.807) is 0 Å². The summed E-state index contributed by atoms with van der Waals surface area (Å²) in [5.41, 5.74) is 11.5. The first-order valence-electron chi connectivity index (χ1n) is 22.8. The maximum Gasteiger partial charge on any atom is 0.407 e. The molecule has 2 saturated heterocycles. The van der Waals surface area contributed by atoms with E-state index in [0.717, 1.165) is 83.4 Å². The number of carbonyl (C=O) groups is 4. The molecule has 332 valence electrons. The Labute approximate surface area is 368 Å². The second kappa shape index (κ2) is 17.0. The first-order valence-corrected chi connectivity index (χ1v) is 22.8. The van der Waals surface area contributed by atoms with Gasteiger partial charge in [-0.05, 0) is 126 Å². The SMILES string of the molecule is COC(=O)NC(C(=O)N1CCC[C@H]1c1nc2ccc(-c3ccc(-c4ccc5nc([C@@H]6CCCN6C(=O)[C@H](NC(=O)OC)C(C)C)[nH]c5c4)c4c3CC3(CCCC3)C4)cc2[nH]1)C(C)C. The van der Waals surface area contributed by atoms with Gasteiger partial charge < -0.3 is 39.9 Å². The summed E-state index contributed by atoms with van der Waals surface area (Å²) in [7, 11) is 2.61. The highest BCUT2D eigenvalue weighted by atomic mass is 16.5. The third kappa shape index (κ3) is 7.90. The van der Waals surface area contributed by atoms with Crippen LogP contribution in [0.1, 0.15) is 114 Å². The molecule has 1 unspecified atom stereocenters. The summed E-state index contributed by atoms with van der Waals surface area (Å²) >= 11 is 0. The number of nitrogens with one attached hydrogen (secondary N) is 4. The van der Waals surface area contributed by atoms with Gasteiger partial charge in [0.1, 0.15) is 23.7 Å². The molecule has 1 saturated carbocycles. The van der Waals surface area contributed by atoms with Crippen molar-refractivity contribution in [2.75, 3.05) is 27.3 Å². The van der Waals surface area contributed by atoms with Crippen LogP contribution in [0, 0.1) is 17.3 Å². The van der Waals surface area contributed by atoms with E-state index in [1.165, 1.54) is 62.2 Å². The Hall–Kier alpha value is -5.92. The maximum absolute atomic E-state index is 13.8. The Kier molecular flexibility index (Phi) is 11.4. The molecule has 2 aliphatic heterocycles. The maximum atomic E-state index is 13.8. The second-order valence-electron chi connectivity index (χ2n) is 19.0. The summed E-state index contributed by atoms with van der Waals surface area (Å²) in [6, 6.07) is 15.7. The number of imidazole rings is 2. The summed E-state index contributed by atoms with van der Waals surface area (Å²) in [4.78, 5) is 72.9. The Balaban J connectivity index is 1.01. The average molecular weight is 857 g/mol. The molecule has 5 aromatic rings. The van der Waals surface area contributed by atoms with E-state index in [9.17, 15) is 19.2 Å². The number of fused-ring (bicyclic) bond motifs is 3. The summed E-state index contributed by atoms with van der Waals surface area (Å²) in [6.07, 6.45) is 9.16. The number of amides is 4. The van der Waals surface area contributed by atoms with Crippen LogP contribution in [-0.4, -0.2) is 93.1 Å². The number of rotatable bonds is 10. The van der Waals surface area contributed by atoms with Gasteiger partial charge >= 0.3 is 12.2 Å². The van der Waals surface area contributed by atoms with Crippen molar-refractivity contribution in [3.05, 3.63) is 71.3 Å². The number of hydrogen-bond acceptors (Lipinski definition) is 8. The zero-order valence-corrected chi connectivity index (χ0v) is 37.3. The number of ether oxygens (including phenoxy) is 2.